The van der Waals surface area contributed by atoms with Gasteiger partial charge in [-0.3, -0.25) is 9.59 Å². The minimum atomic E-state index is -0.0829. The van der Waals surface area contributed by atoms with Gasteiger partial charge in [-0.05, 0) is 51.4 Å². The third kappa shape index (κ3) is 6.30. The van der Waals surface area contributed by atoms with Gasteiger partial charge in [0.2, 0.25) is 5.91 Å². The van der Waals surface area contributed by atoms with Crippen LogP contribution in [0, 0.1) is 11.8 Å². The van der Waals surface area contributed by atoms with Crippen molar-refractivity contribution in [1.82, 2.24) is 5.32 Å². The van der Waals surface area contributed by atoms with Crippen molar-refractivity contribution < 1.29 is 14.3 Å². The molecule has 0 spiro atoms. The lowest BCUT2D eigenvalue weighted by atomic mass is 9.82. The number of ether oxygens (including phenoxy) is 1. The number of hydrogen-bond acceptors (Lipinski definition) is 4. The number of rotatable bonds is 5. The second-order valence-electron chi connectivity index (χ2n) is 6.78. The Kier molecular flexibility index (Phi) is 8.92. The lowest BCUT2D eigenvalue weighted by molar-refractivity contribution is -0.149. The highest BCUT2D eigenvalue weighted by atomic mass is 35.5. The Labute approximate surface area is 145 Å². The fraction of sp³-hybridized carbons (Fsp3) is 0.882. The second kappa shape index (κ2) is 10.1. The van der Waals surface area contributed by atoms with Crippen LogP contribution in [-0.2, 0) is 14.3 Å². The first-order chi connectivity index (χ1) is 10.6. The summed E-state index contributed by atoms with van der Waals surface area (Å²) in [6.45, 7) is 2.27. The van der Waals surface area contributed by atoms with Crippen LogP contribution in [0.15, 0.2) is 0 Å². The first kappa shape index (κ1) is 20.2. The van der Waals surface area contributed by atoms with Crippen molar-refractivity contribution in [1.29, 1.82) is 0 Å². The smallest absolute Gasteiger partial charge is 0.308 e. The molecule has 2 aliphatic carbocycles. The molecule has 3 N–H and O–H groups in total. The number of esters is 1. The van der Waals surface area contributed by atoms with E-state index in [4.69, 9.17) is 10.5 Å². The quantitative estimate of drug-likeness (QED) is 0.749. The predicted octanol–water partition coefficient (Wildman–Crippen LogP) is 2.55. The number of carbonyl (C=O) groups excluding carboxylic acids is 2. The van der Waals surface area contributed by atoms with Crippen LogP contribution >= 0.6 is 12.4 Å². The molecule has 0 radical (unpaired) electrons. The van der Waals surface area contributed by atoms with Gasteiger partial charge in [-0.1, -0.05) is 12.8 Å². The summed E-state index contributed by atoms with van der Waals surface area (Å²) in [5.41, 5.74) is 6.11. The zero-order valence-corrected chi connectivity index (χ0v) is 14.9. The van der Waals surface area contributed by atoms with Gasteiger partial charge in [-0.15, -0.1) is 12.4 Å². The maximum Gasteiger partial charge on any atom is 0.308 e. The Morgan fingerprint density at radius 2 is 1.74 bits per heavy atom. The van der Waals surface area contributed by atoms with Gasteiger partial charge in [-0.25, -0.2) is 0 Å². The number of carbonyl (C=O) groups is 2. The van der Waals surface area contributed by atoms with Crippen LogP contribution in [0.1, 0.15) is 64.7 Å². The van der Waals surface area contributed by atoms with Crippen molar-refractivity contribution in [3.05, 3.63) is 0 Å². The maximum absolute atomic E-state index is 12.2. The van der Waals surface area contributed by atoms with E-state index in [2.05, 4.69) is 5.32 Å². The summed E-state index contributed by atoms with van der Waals surface area (Å²) < 4.78 is 5.07. The van der Waals surface area contributed by atoms with E-state index in [1.54, 1.807) is 0 Å². The normalized spacial score (nSPS) is 30.9. The lowest BCUT2D eigenvalue weighted by Gasteiger charge is -2.30. The molecule has 0 aliphatic heterocycles. The molecule has 2 saturated carbocycles. The largest absolute Gasteiger partial charge is 0.466 e. The van der Waals surface area contributed by atoms with E-state index < -0.39 is 0 Å². The van der Waals surface area contributed by atoms with E-state index in [1.165, 1.54) is 12.8 Å². The molecule has 134 valence electrons. The topological polar surface area (TPSA) is 81.4 Å². The van der Waals surface area contributed by atoms with Crippen molar-refractivity contribution in [3.63, 3.8) is 0 Å². The summed E-state index contributed by atoms with van der Waals surface area (Å²) in [6.07, 6.45) is 8.41. The number of hydrogen-bond donors (Lipinski definition) is 2. The molecule has 0 bridgehead atoms. The maximum atomic E-state index is 12.2. The van der Waals surface area contributed by atoms with Gasteiger partial charge in [0.25, 0.3) is 0 Å². The fourth-order valence-corrected chi connectivity index (χ4v) is 3.75. The van der Waals surface area contributed by atoms with Gasteiger partial charge in [-0.2, -0.15) is 0 Å². The predicted molar refractivity (Wildman–Crippen MR) is 92.3 cm³/mol. The first-order valence-corrected chi connectivity index (χ1v) is 8.81. The summed E-state index contributed by atoms with van der Waals surface area (Å²) >= 11 is 0. The van der Waals surface area contributed by atoms with Crippen LogP contribution in [0.25, 0.3) is 0 Å². The third-order valence-electron chi connectivity index (χ3n) is 5.13. The van der Waals surface area contributed by atoms with Crippen molar-refractivity contribution in [2.45, 2.75) is 76.8 Å². The molecule has 6 heteroatoms. The average Bonchev–Trinajstić information content (AvgIpc) is 2.50. The summed E-state index contributed by atoms with van der Waals surface area (Å²) in [6, 6.07) is 0.386. The van der Waals surface area contributed by atoms with Crippen LogP contribution in [0.5, 0.6) is 0 Å². The van der Waals surface area contributed by atoms with Crippen LogP contribution in [-0.4, -0.2) is 30.6 Å². The Bertz CT molecular complexity index is 384. The molecule has 23 heavy (non-hydrogen) atoms. The molecule has 2 atom stereocenters. The highest BCUT2D eigenvalue weighted by molar-refractivity contribution is 5.85. The average molecular weight is 347 g/mol. The molecule has 0 heterocycles. The van der Waals surface area contributed by atoms with Gasteiger partial charge in [0, 0.05) is 18.5 Å². The van der Waals surface area contributed by atoms with Gasteiger partial charge in [0.1, 0.15) is 0 Å². The molecule has 0 aromatic heterocycles. The summed E-state index contributed by atoms with van der Waals surface area (Å²) in [5.74, 6) is 0.395. The van der Waals surface area contributed by atoms with Gasteiger partial charge >= 0.3 is 5.97 Å². The third-order valence-corrected chi connectivity index (χ3v) is 5.13. The molecule has 0 aromatic carbocycles. The molecule has 5 nitrogen and oxygen atoms in total. The molecule has 2 rings (SSSR count). The highest BCUT2D eigenvalue weighted by Crippen LogP contribution is 2.27. The fourth-order valence-electron chi connectivity index (χ4n) is 3.75. The van der Waals surface area contributed by atoms with Crippen LogP contribution in [0.2, 0.25) is 0 Å². The molecular formula is C17H31ClN2O3. The van der Waals surface area contributed by atoms with Crippen LogP contribution in [0.3, 0.4) is 0 Å². The van der Waals surface area contributed by atoms with Crippen molar-refractivity contribution >= 4 is 24.3 Å². The van der Waals surface area contributed by atoms with Crippen molar-refractivity contribution in [2.75, 3.05) is 6.61 Å². The Hall–Kier alpha value is -0.810. The summed E-state index contributed by atoms with van der Waals surface area (Å²) in [5, 5.41) is 3.13. The highest BCUT2D eigenvalue weighted by Gasteiger charge is 2.29. The van der Waals surface area contributed by atoms with Crippen LogP contribution < -0.4 is 11.1 Å². The minimum Gasteiger partial charge on any atom is -0.466 e. The molecule has 2 fully saturated rings. The van der Waals surface area contributed by atoms with Crippen molar-refractivity contribution in [2.24, 2.45) is 17.6 Å². The summed E-state index contributed by atoms with van der Waals surface area (Å²) in [4.78, 5) is 23.9. The van der Waals surface area contributed by atoms with Crippen LogP contribution in [0.4, 0.5) is 0 Å². The van der Waals surface area contributed by atoms with E-state index in [0.717, 1.165) is 38.5 Å². The van der Waals surface area contributed by atoms with Gasteiger partial charge in [0.15, 0.2) is 0 Å². The van der Waals surface area contributed by atoms with E-state index in [9.17, 15) is 9.59 Å². The monoisotopic (exact) mass is 346 g/mol. The first-order valence-electron chi connectivity index (χ1n) is 8.81. The molecule has 0 saturated heterocycles. The number of amides is 1. The van der Waals surface area contributed by atoms with E-state index in [-0.39, 0.29) is 42.3 Å². The molecule has 0 aromatic rings. The molecule has 2 aliphatic rings. The molecular weight excluding hydrogens is 316 g/mol. The van der Waals surface area contributed by atoms with Gasteiger partial charge in [0.05, 0.1) is 12.5 Å². The zero-order chi connectivity index (χ0) is 15.9. The Morgan fingerprint density at radius 1 is 1.09 bits per heavy atom. The second-order valence-corrected chi connectivity index (χ2v) is 6.78. The minimum absolute atomic E-state index is 0. The van der Waals surface area contributed by atoms with Gasteiger partial charge < -0.3 is 15.8 Å². The SMILES string of the molecule is CCOC(=O)C1CCC(NC(=O)CC2CCCCC2N)CC1.Cl. The Morgan fingerprint density at radius 3 is 2.35 bits per heavy atom. The van der Waals surface area contributed by atoms with E-state index in [0.29, 0.717) is 18.9 Å². The zero-order valence-electron chi connectivity index (χ0n) is 14.1. The summed E-state index contributed by atoms with van der Waals surface area (Å²) in [7, 11) is 0. The molecule has 1 amide bonds. The van der Waals surface area contributed by atoms with E-state index >= 15 is 0 Å². The van der Waals surface area contributed by atoms with Crippen molar-refractivity contribution in [3.8, 4) is 0 Å². The number of nitrogens with one attached hydrogen (secondary N) is 1. The molecule has 2 unspecified atom stereocenters. The number of nitrogens with two attached hydrogens (primary N) is 1. The number of halogens is 1. The lowest BCUT2D eigenvalue weighted by Crippen LogP contribution is -2.42. The Balaban J connectivity index is 0.00000264. The standard InChI is InChI=1S/C17H30N2O3.ClH/c1-2-22-17(21)12-7-9-14(10-8-12)19-16(20)11-13-5-3-4-6-15(13)18;/h12-15H,2-11,18H2,1H3,(H,19,20);1H. The van der Waals surface area contributed by atoms with E-state index in [1.807, 2.05) is 6.92 Å².